The number of hydroxylamine groups is 2. The van der Waals surface area contributed by atoms with Gasteiger partial charge in [0.05, 0.1) is 6.54 Å². The molecule has 0 radical (unpaired) electrons. The largest absolute Gasteiger partial charge is 0.368 e. The molecule has 1 heterocycles. The maximum atomic E-state index is 11.4. The van der Waals surface area contributed by atoms with E-state index in [0.29, 0.717) is 13.0 Å². The Hall–Kier alpha value is -1.35. The van der Waals surface area contributed by atoms with Crippen LogP contribution in [-0.2, 0) is 22.6 Å². The highest BCUT2D eigenvalue weighted by molar-refractivity contribution is 5.68. The molecule has 1 aromatic rings. The van der Waals surface area contributed by atoms with Gasteiger partial charge in [0, 0.05) is 13.0 Å². The van der Waals surface area contributed by atoms with E-state index < -0.39 is 0 Å². The monoisotopic (exact) mass is 219 g/mol. The third-order valence-electron chi connectivity index (χ3n) is 2.78. The number of carbonyl (C=O) groups excluding carboxylic acids is 1. The summed E-state index contributed by atoms with van der Waals surface area (Å²) in [6, 6.07) is 8.31. The third-order valence-corrected chi connectivity index (χ3v) is 2.78. The quantitative estimate of drug-likeness (QED) is 0.781. The second-order valence-corrected chi connectivity index (χ2v) is 4.10. The van der Waals surface area contributed by atoms with Gasteiger partial charge in [0.15, 0.2) is 0 Å². The van der Waals surface area contributed by atoms with Crippen molar-refractivity contribution in [1.82, 2.24) is 5.06 Å². The Morgan fingerprint density at radius 2 is 2.12 bits per heavy atom. The lowest BCUT2D eigenvalue weighted by Gasteiger charge is -2.27. The molecule has 0 fully saturated rings. The molecule has 0 aromatic heterocycles. The summed E-state index contributed by atoms with van der Waals surface area (Å²) in [5.74, 6) is -0.123. The van der Waals surface area contributed by atoms with Crippen molar-refractivity contribution in [2.24, 2.45) is 0 Å². The Morgan fingerprint density at radius 3 is 2.88 bits per heavy atom. The minimum absolute atomic E-state index is 0.123. The van der Waals surface area contributed by atoms with E-state index in [1.807, 2.05) is 13.0 Å². The molecule has 16 heavy (non-hydrogen) atoms. The minimum atomic E-state index is -0.123. The molecule has 1 aliphatic heterocycles. The van der Waals surface area contributed by atoms with Crippen LogP contribution in [0.15, 0.2) is 24.3 Å². The number of nitrogens with zero attached hydrogens (tertiary/aromatic N) is 1. The average Bonchev–Trinajstić information content (AvgIpc) is 2.29. The molecule has 2 rings (SSSR count). The van der Waals surface area contributed by atoms with E-state index >= 15 is 0 Å². The molecular formula is C13H17NO2. The van der Waals surface area contributed by atoms with Gasteiger partial charge in [-0.1, -0.05) is 31.2 Å². The summed E-state index contributed by atoms with van der Waals surface area (Å²) in [6.07, 6.45) is 2.29. The number of hydrogen-bond donors (Lipinski definition) is 0. The summed E-state index contributed by atoms with van der Waals surface area (Å²) >= 11 is 0. The molecule has 0 saturated carbocycles. The van der Waals surface area contributed by atoms with Gasteiger partial charge in [0.25, 0.3) is 0 Å². The van der Waals surface area contributed by atoms with Gasteiger partial charge in [-0.15, -0.1) is 5.06 Å². The molecule has 0 unspecified atom stereocenters. The van der Waals surface area contributed by atoms with E-state index in [-0.39, 0.29) is 5.97 Å². The zero-order valence-electron chi connectivity index (χ0n) is 9.61. The van der Waals surface area contributed by atoms with Crippen molar-refractivity contribution in [3.63, 3.8) is 0 Å². The summed E-state index contributed by atoms with van der Waals surface area (Å²) < 4.78 is 0. The summed E-state index contributed by atoms with van der Waals surface area (Å²) in [7, 11) is 0. The van der Waals surface area contributed by atoms with E-state index in [1.165, 1.54) is 11.1 Å². The zero-order valence-corrected chi connectivity index (χ0v) is 9.61. The molecule has 0 bridgehead atoms. The van der Waals surface area contributed by atoms with E-state index in [1.54, 1.807) is 5.06 Å². The van der Waals surface area contributed by atoms with Gasteiger partial charge in [-0.2, -0.15) is 0 Å². The summed E-state index contributed by atoms with van der Waals surface area (Å²) in [5, 5.41) is 1.76. The second-order valence-electron chi connectivity index (χ2n) is 4.10. The molecule has 0 aliphatic carbocycles. The van der Waals surface area contributed by atoms with Crippen molar-refractivity contribution >= 4 is 5.97 Å². The fraction of sp³-hybridized carbons (Fsp3) is 0.462. The van der Waals surface area contributed by atoms with E-state index in [2.05, 4.69) is 18.2 Å². The molecule has 1 aromatic carbocycles. The molecule has 1 aliphatic rings. The van der Waals surface area contributed by atoms with Crippen LogP contribution in [0.1, 0.15) is 30.9 Å². The Kier molecular flexibility index (Phi) is 3.57. The average molecular weight is 219 g/mol. The van der Waals surface area contributed by atoms with Gasteiger partial charge in [-0.25, -0.2) is 0 Å². The Morgan fingerprint density at radius 1 is 1.38 bits per heavy atom. The van der Waals surface area contributed by atoms with Crippen LogP contribution in [0.3, 0.4) is 0 Å². The summed E-state index contributed by atoms with van der Waals surface area (Å²) in [6.45, 7) is 3.49. The first-order chi connectivity index (χ1) is 7.79. The van der Waals surface area contributed by atoms with Crippen molar-refractivity contribution in [2.75, 3.05) is 6.54 Å². The lowest BCUT2D eigenvalue weighted by atomic mass is 10.0. The molecular weight excluding hydrogens is 202 g/mol. The lowest BCUT2D eigenvalue weighted by Crippen LogP contribution is -2.32. The predicted octanol–water partition coefficient (Wildman–Crippen LogP) is 2.30. The van der Waals surface area contributed by atoms with Gasteiger partial charge in [-0.05, 0) is 24.0 Å². The Bertz CT molecular complexity index is 376. The first kappa shape index (κ1) is 11.1. The second kappa shape index (κ2) is 5.12. The standard InChI is InChI=1S/C13H17NO2/c1-2-5-13(15)16-14-9-8-11-6-3-4-7-12(11)10-14/h3-4,6-7H,2,5,8-10H2,1H3. The molecule has 0 spiro atoms. The fourth-order valence-corrected chi connectivity index (χ4v) is 1.94. The number of rotatable bonds is 3. The smallest absolute Gasteiger partial charge is 0.325 e. The van der Waals surface area contributed by atoms with E-state index in [4.69, 9.17) is 4.84 Å². The van der Waals surface area contributed by atoms with Crippen LogP contribution < -0.4 is 0 Å². The highest BCUT2D eigenvalue weighted by Gasteiger charge is 2.18. The molecule has 3 nitrogen and oxygen atoms in total. The SMILES string of the molecule is CCCC(=O)ON1CCc2ccccc2C1. The Labute approximate surface area is 96.0 Å². The maximum Gasteiger partial charge on any atom is 0.325 e. The highest BCUT2D eigenvalue weighted by Crippen LogP contribution is 2.18. The lowest BCUT2D eigenvalue weighted by molar-refractivity contribution is -0.195. The molecule has 0 atom stereocenters. The Balaban J connectivity index is 1.95. The van der Waals surface area contributed by atoms with Crippen LogP contribution in [-0.4, -0.2) is 17.6 Å². The van der Waals surface area contributed by atoms with Crippen LogP contribution in [0.2, 0.25) is 0 Å². The normalized spacial score (nSPS) is 15.6. The van der Waals surface area contributed by atoms with Gasteiger partial charge < -0.3 is 4.84 Å². The van der Waals surface area contributed by atoms with Crippen LogP contribution in [0, 0.1) is 0 Å². The van der Waals surface area contributed by atoms with Crippen molar-refractivity contribution < 1.29 is 9.63 Å². The minimum Gasteiger partial charge on any atom is -0.368 e. The summed E-state index contributed by atoms with van der Waals surface area (Å²) in [4.78, 5) is 16.6. The molecule has 0 saturated heterocycles. The van der Waals surface area contributed by atoms with Crippen molar-refractivity contribution in [3.05, 3.63) is 35.4 Å². The van der Waals surface area contributed by atoms with E-state index in [0.717, 1.165) is 19.4 Å². The van der Waals surface area contributed by atoms with Crippen LogP contribution in [0.4, 0.5) is 0 Å². The van der Waals surface area contributed by atoms with E-state index in [9.17, 15) is 4.79 Å². The number of benzene rings is 1. The van der Waals surface area contributed by atoms with Gasteiger partial charge >= 0.3 is 5.97 Å². The zero-order chi connectivity index (χ0) is 11.4. The fourth-order valence-electron chi connectivity index (χ4n) is 1.94. The molecule has 0 amide bonds. The first-order valence-corrected chi connectivity index (χ1v) is 5.82. The molecule has 3 heteroatoms. The number of hydrogen-bond acceptors (Lipinski definition) is 3. The van der Waals surface area contributed by atoms with Crippen molar-refractivity contribution in [3.8, 4) is 0 Å². The van der Waals surface area contributed by atoms with Crippen molar-refractivity contribution in [1.29, 1.82) is 0 Å². The van der Waals surface area contributed by atoms with Crippen LogP contribution in [0.25, 0.3) is 0 Å². The third kappa shape index (κ3) is 2.61. The van der Waals surface area contributed by atoms with Crippen molar-refractivity contribution in [2.45, 2.75) is 32.7 Å². The van der Waals surface area contributed by atoms with Gasteiger partial charge in [0.2, 0.25) is 0 Å². The predicted molar refractivity (Wildman–Crippen MR) is 61.6 cm³/mol. The first-order valence-electron chi connectivity index (χ1n) is 5.82. The maximum absolute atomic E-state index is 11.4. The molecule has 86 valence electrons. The van der Waals surface area contributed by atoms with Gasteiger partial charge in [-0.3, -0.25) is 4.79 Å². The number of carbonyl (C=O) groups is 1. The van der Waals surface area contributed by atoms with Gasteiger partial charge in [0.1, 0.15) is 0 Å². The highest BCUT2D eigenvalue weighted by atomic mass is 16.7. The van der Waals surface area contributed by atoms with Crippen LogP contribution in [0.5, 0.6) is 0 Å². The molecule has 0 N–H and O–H groups in total. The summed E-state index contributed by atoms with van der Waals surface area (Å²) in [5.41, 5.74) is 2.63. The topological polar surface area (TPSA) is 29.5 Å². The number of fused-ring (bicyclic) bond motifs is 1. The van der Waals surface area contributed by atoms with Crippen LogP contribution >= 0.6 is 0 Å².